The van der Waals surface area contributed by atoms with E-state index in [-0.39, 0.29) is 6.10 Å². The molecule has 0 aromatic heterocycles. The summed E-state index contributed by atoms with van der Waals surface area (Å²) < 4.78 is 1.01. The second-order valence-electron chi connectivity index (χ2n) is 4.12. The highest BCUT2D eigenvalue weighted by atomic mass is 79.9. The molecule has 1 aromatic rings. The molecule has 0 heterocycles. The van der Waals surface area contributed by atoms with Gasteiger partial charge in [0.1, 0.15) is 0 Å². The molecule has 0 radical (unpaired) electrons. The molecule has 14 heavy (non-hydrogen) atoms. The Hall–Kier alpha value is -0.340. The maximum Gasteiger partial charge on any atom is 0.0806 e. The van der Waals surface area contributed by atoms with Gasteiger partial charge in [0.25, 0.3) is 0 Å². The van der Waals surface area contributed by atoms with Crippen LogP contribution in [0, 0.1) is 12.8 Å². The average Bonchev–Trinajstić information content (AvgIpc) is 2.01. The summed E-state index contributed by atoms with van der Waals surface area (Å²) in [5.41, 5.74) is 2.17. The monoisotopic (exact) mass is 256 g/mol. The largest absolute Gasteiger partial charge is 0.388 e. The van der Waals surface area contributed by atoms with Crippen LogP contribution in [-0.2, 0) is 0 Å². The molecule has 1 unspecified atom stereocenters. The van der Waals surface area contributed by atoms with Crippen LogP contribution in [0.4, 0.5) is 0 Å². The van der Waals surface area contributed by atoms with Gasteiger partial charge in [0.15, 0.2) is 0 Å². The van der Waals surface area contributed by atoms with Crippen molar-refractivity contribution in [2.24, 2.45) is 5.92 Å². The van der Waals surface area contributed by atoms with Gasteiger partial charge in [-0.05, 0) is 36.5 Å². The SMILES string of the molecule is Cc1cccc(Br)c1C(O)CC(C)C. The van der Waals surface area contributed by atoms with Crippen molar-refractivity contribution in [3.8, 4) is 0 Å². The van der Waals surface area contributed by atoms with E-state index in [2.05, 4.69) is 29.8 Å². The van der Waals surface area contributed by atoms with Crippen molar-refractivity contribution in [1.82, 2.24) is 0 Å². The highest BCUT2D eigenvalue weighted by molar-refractivity contribution is 9.10. The highest BCUT2D eigenvalue weighted by Crippen LogP contribution is 2.30. The Bertz CT molecular complexity index is 287. The number of aliphatic hydroxyl groups is 1. The van der Waals surface area contributed by atoms with Crippen LogP contribution in [0.2, 0.25) is 0 Å². The van der Waals surface area contributed by atoms with Gasteiger partial charge in [0, 0.05) is 4.47 Å². The molecule has 2 heteroatoms. The van der Waals surface area contributed by atoms with Gasteiger partial charge in [0.05, 0.1) is 6.10 Å². The second kappa shape index (κ2) is 4.94. The number of hydrogen-bond acceptors (Lipinski definition) is 1. The maximum atomic E-state index is 10.0. The van der Waals surface area contributed by atoms with Crippen molar-refractivity contribution >= 4 is 15.9 Å². The normalized spacial score (nSPS) is 13.3. The highest BCUT2D eigenvalue weighted by Gasteiger charge is 2.14. The fourth-order valence-corrected chi connectivity index (χ4v) is 2.36. The molecule has 1 nitrogen and oxygen atoms in total. The molecule has 0 aliphatic heterocycles. The number of aliphatic hydroxyl groups excluding tert-OH is 1. The van der Waals surface area contributed by atoms with Crippen LogP contribution in [0.5, 0.6) is 0 Å². The molecule has 0 saturated heterocycles. The molecule has 0 saturated carbocycles. The van der Waals surface area contributed by atoms with Gasteiger partial charge in [-0.25, -0.2) is 0 Å². The molecular formula is C12H17BrO. The van der Waals surface area contributed by atoms with Gasteiger partial charge in [-0.15, -0.1) is 0 Å². The Morgan fingerprint density at radius 2 is 2.00 bits per heavy atom. The zero-order valence-electron chi connectivity index (χ0n) is 8.92. The average molecular weight is 257 g/mol. The lowest BCUT2D eigenvalue weighted by Gasteiger charge is -2.17. The van der Waals surface area contributed by atoms with Crippen LogP contribution in [0.1, 0.15) is 37.5 Å². The molecule has 1 N–H and O–H groups in total. The minimum absolute atomic E-state index is 0.356. The first-order valence-electron chi connectivity index (χ1n) is 4.95. The Morgan fingerprint density at radius 1 is 1.36 bits per heavy atom. The molecule has 78 valence electrons. The summed E-state index contributed by atoms with van der Waals surface area (Å²) in [6.45, 7) is 6.27. The number of benzene rings is 1. The third-order valence-electron chi connectivity index (χ3n) is 2.30. The van der Waals surface area contributed by atoms with Gasteiger partial charge in [-0.2, -0.15) is 0 Å². The summed E-state index contributed by atoms with van der Waals surface area (Å²) in [7, 11) is 0. The van der Waals surface area contributed by atoms with E-state index in [1.165, 1.54) is 0 Å². The van der Waals surface area contributed by atoms with Crippen molar-refractivity contribution in [2.75, 3.05) is 0 Å². The van der Waals surface area contributed by atoms with E-state index in [1.54, 1.807) is 0 Å². The first-order chi connectivity index (χ1) is 6.52. The summed E-state index contributed by atoms with van der Waals surface area (Å²) in [5, 5.41) is 10.0. The Balaban J connectivity index is 2.94. The molecule has 0 fully saturated rings. The predicted molar refractivity (Wildman–Crippen MR) is 63.3 cm³/mol. The van der Waals surface area contributed by atoms with Crippen molar-refractivity contribution < 1.29 is 5.11 Å². The molecule has 0 spiro atoms. The van der Waals surface area contributed by atoms with Gasteiger partial charge in [0.2, 0.25) is 0 Å². The molecule has 0 amide bonds. The lowest BCUT2D eigenvalue weighted by atomic mass is 9.96. The van der Waals surface area contributed by atoms with Gasteiger partial charge in [-0.1, -0.05) is 41.9 Å². The fraction of sp³-hybridized carbons (Fsp3) is 0.500. The van der Waals surface area contributed by atoms with Crippen molar-refractivity contribution in [2.45, 2.75) is 33.3 Å². The van der Waals surface area contributed by atoms with Crippen molar-refractivity contribution in [3.63, 3.8) is 0 Å². The van der Waals surface area contributed by atoms with E-state index < -0.39 is 0 Å². The minimum Gasteiger partial charge on any atom is -0.388 e. The Labute approximate surface area is 94.3 Å². The zero-order chi connectivity index (χ0) is 10.7. The number of hydrogen-bond donors (Lipinski definition) is 1. The summed E-state index contributed by atoms with van der Waals surface area (Å²) in [6, 6.07) is 6.00. The molecule has 0 aliphatic rings. The summed E-state index contributed by atoms with van der Waals surface area (Å²) in [4.78, 5) is 0. The summed E-state index contributed by atoms with van der Waals surface area (Å²) in [6.07, 6.45) is 0.453. The van der Waals surface area contributed by atoms with E-state index >= 15 is 0 Å². The van der Waals surface area contributed by atoms with Crippen molar-refractivity contribution in [3.05, 3.63) is 33.8 Å². The van der Waals surface area contributed by atoms with Crippen LogP contribution in [-0.4, -0.2) is 5.11 Å². The predicted octanol–water partition coefficient (Wildman–Crippen LogP) is 3.84. The molecular weight excluding hydrogens is 240 g/mol. The van der Waals surface area contributed by atoms with E-state index in [0.717, 1.165) is 22.0 Å². The van der Waals surface area contributed by atoms with Crippen LogP contribution < -0.4 is 0 Å². The molecule has 0 bridgehead atoms. The minimum atomic E-state index is -0.356. The standard InChI is InChI=1S/C12H17BrO/c1-8(2)7-11(14)12-9(3)5-4-6-10(12)13/h4-6,8,11,14H,7H2,1-3H3. The van der Waals surface area contributed by atoms with E-state index in [4.69, 9.17) is 0 Å². The summed E-state index contributed by atoms with van der Waals surface area (Å²) in [5.74, 6) is 0.511. The number of rotatable bonds is 3. The first-order valence-corrected chi connectivity index (χ1v) is 5.74. The topological polar surface area (TPSA) is 20.2 Å². The maximum absolute atomic E-state index is 10.0. The Kier molecular flexibility index (Phi) is 4.14. The first kappa shape index (κ1) is 11.7. The zero-order valence-corrected chi connectivity index (χ0v) is 10.5. The van der Waals surface area contributed by atoms with Crippen molar-refractivity contribution in [1.29, 1.82) is 0 Å². The van der Waals surface area contributed by atoms with Gasteiger partial charge < -0.3 is 5.11 Å². The van der Waals surface area contributed by atoms with Crippen LogP contribution in [0.25, 0.3) is 0 Å². The van der Waals surface area contributed by atoms with E-state index in [1.807, 2.05) is 25.1 Å². The quantitative estimate of drug-likeness (QED) is 0.872. The van der Waals surface area contributed by atoms with Crippen LogP contribution >= 0.6 is 15.9 Å². The van der Waals surface area contributed by atoms with Crippen LogP contribution in [0.15, 0.2) is 22.7 Å². The van der Waals surface area contributed by atoms with E-state index in [9.17, 15) is 5.11 Å². The van der Waals surface area contributed by atoms with Crippen LogP contribution in [0.3, 0.4) is 0 Å². The third kappa shape index (κ3) is 2.82. The van der Waals surface area contributed by atoms with Gasteiger partial charge >= 0.3 is 0 Å². The fourth-order valence-electron chi connectivity index (χ4n) is 1.63. The number of aryl methyl sites for hydroxylation is 1. The smallest absolute Gasteiger partial charge is 0.0806 e. The molecule has 1 aromatic carbocycles. The van der Waals surface area contributed by atoms with E-state index in [0.29, 0.717) is 5.92 Å². The summed E-state index contributed by atoms with van der Waals surface area (Å²) >= 11 is 3.48. The Morgan fingerprint density at radius 3 is 2.50 bits per heavy atom. The lowest BCUT2D eigenvalue weighted by molar-refractivity contribution is 0.149. The second-order valence-corrected chi connectivity index (χ2v) is 4.97. The number of halogens is 1. The molecule has 1 atom stereocenters. The lowest BCUT2D eigenvalue weighted by Crippen LogP contribution is -2.04. The molecule has 0 aliphatic carbocycles. The third-order valence-corrected chi connectivity index (χ3v) is 2.99. The molecule has 1 rings (SSSR count). The van der Waals surface area contributed by atoms with Gasteiger partial charge in [-0.3, -0.25) is 0 Å².